The molecule has 4 N–H and O–H groups in total. The number of urea groups is 1. The molecule has 3 heterocycles. The van der Waals surface area contributed by atoms with Gasteiger partial charge in [0.05, 0.1) is 12.1 Å². The number of unbranched alkanes of at least 4 members (excludes halogenated alkanes) is 1. The second-order valence-corrected chi connectivity index (χ2v) is 7.48. The third-order valence-electron chi connectivity index (χ3n) is 4.29. The Kier molecular flexibility index (Phi) is 5.47. The molecule has 0 radical (unpaired) electrons. The molecule has 3 amide bonds. The summed E-state index contributed by atoms with van der Waals surface area (Å²) in [6, 6.07) is 1.92. The minimum atomic E-state index is -0.985. The molecule has 0 unspecified atom stereocenters. The summed E-state index contributed by atoms with van der Waals surface area (Å²) in [6.45, 7) is -0.234. The summed E-state index contributed by atoms with van der Waals surface area (Å²) in [5.41, 5.74) is 0. The molecule has 0 bridgehead atoms. The van der Waals surface area contributed by atoms with Crippen LogP contribution in [0, 0.1) is 0 Å². The van der Waals surface area contributed by atoms with Crippen LogP contribution in [0.5, 0.6) is 0 Å². The van der Waals surface area contributed by atoms with Crippen LogP contribution in [-0.4, -0.2) is 55.9 Å². The predicted octanol–water partition coefficient (Wildman–Crippen LogP) is 0.632. The molecular formula is C15H21N5O4S. The average Bonchev–Trinajstić information content (AvgIpc) is 3.20. The van der Waals surface area contributed by atoms with Crippen LogP contribution in [0.2, 0.25) is 0 Å². The van der Waals surface area contributed by atoms with E-state index >= 15 is 0 Å². The standard InChI is InChI=1S/C15H21N5O4S/c21-12(17-11-5-6-20(19-11)7-13(22)23)4-2-1-3-10-14-9(8-25-10)16-15(24)18-14/h5-6,9-10,14H,1-4,7-8H2,(H,22,23)(H2,16,18,24)(H,17,19,21)/t9-,10-,14-/m0/s1. The molecule has 2 fully saturated rings. The molecule has 1 aromatic heterocycles. The smallest absolute Gasteiger partial charge is 0.325 e. The third kappa shape index (κ3) is 4.65. The Morgan fingerprint density at radius 1 is 1.40 bits per heavy atom. The number of anilines is 1. The van der Waals surface area contributed by atoms with Crippen molar-refractivity contribution in [3.63, 3.8) is 0 Å². The van der Waals surface area contributed by atoms with E-state index in [1.807, 2.05) is 11.8 Å². The van der Waals surface area contributed by atoms with Gasteiger partial charge in [-0.1, -0.05) is 6.42 Å². The average molecular weight is 367 g/mol. The number of thioether (sulfide) groups is 1. The molecule has 3 atom stereocenters. The largest absolute Gasteiger partial charge is 0.480 e. The fraction of sp³-hybridized carbons (Fsp3) is 0.600. The van der Waals surface area contributed by atoms with Crippen molar-refractivity contribution >= 4 is 35.5 Å². The van der Waals surface area contributed by atoms with E-state index in [1.165, 1.54) is 10.9 Å². The second kappa shape index (κ2) is 7.77. The maximum Gasteiger partial charge on any atom is 0.325 e. The van der Waals surface area contributed by atoms with Gasteiger partial charge in [-0.05, 0) is 12.8 Å². The second-order valence-electron chi connectivity index (χ2n) is 6.21. The van der Waals surface area contributed by atoms with Gasteiger partial charge in [-0.25, -0.2) is 4.79 Å². The van der Waals surface area contributed by atoms with Gasteiger partial charge in [-0.3, -0.25) is 14.3 Å². The van der Waals surface area contributed by atoms with Crippen molar-refractivity contribution in [2.24, 2.45) is 0 Å². The van der Waals surface area contributed by atoms with Crippen molar-refractivity contribution in [1.29, 1.82) is 0 Å². The van der Waals surface area contributed by atoms with Crippen molar-refractivity contribution in [2.75, 3.05) is 11.1 Å². The van der Waals surface area contributed by atoms with Crippen molar-refractivity contribution in [2.45, 2.75) is 49.6 Å². The van der Waals surface area contributed by atoms with Crippen molar-refractivity contribution in [1.82, 2.24) is 20.4 Å². The highest BCUT2D eigenvalue weighted by atomic mass is 32.2. The molecular weight excluding hydrogens is 346 g/mol. The lowest BCUT2D eigenvalue weighted by molar-refractivity contribution is -0.137. The van der Waals surface area contributed by atoms with Crippen molar-refractivity contribution < 1.29 is 19.5 Å². The van der Waals surface area contributed by atoms with E-state index in [4.69, 9.17) is 5.11 Å². The van der Waals surface area contributed by atoms with Gasteiger partial charge in [-0.2, -0.15) is 16.9 Å². The lowest BCUT2D eigenvalue weighted by Crippen LogP contribution is -2.36. The van der Waals surface area contributed by atoms with Gasteiger partial charge in [0.1, 0.15) is 6.54 Å². The van der Waals surface area contributed by atoms with Crippen LogP contribution in [0.1, 0.15) is 25.7 Å². The summed E-state index contributed by atoms with van der Waals surface area (Å²) in [7, 11) is 0. The number of aliphatic carboxylic acids is 1. The molecule has 0 spiro atoms. The zero-order valence-electron chi connectivity index (χ0n) is 13.6. The Morgan fingerprint density at radius 3 is 3.04 bits per heavy atom. The fourth-order valence-corrected chi connectivity index (χ4v) is 4.68. The third-order valence-corrected chi connectivity index (χ3v) is 5.79. The van der Waals surface area contributed by atoms with E-state index in [9.17, 15) is 14.4 Å². The molecule has 25 heavy (non-hydrogen) atoms. The Morgan fingerprint density at radius 2 is 2.24 bits per heavy atom. The lowest BCUT2D eigenvalue weighted by atomic mass is 10.0. The van der Waals surface area contributed by atoms with Crippen LogP contribution in [0.3, 0.4) is 0 Å². The number of hydrogen-bond donors (Lipinski definition) is 4. The minimum Gasteiger partial charge on any atom is -0.480 e. The van der Waals surface area contributed by atoms with E-state index in [0.717, 1.165) is 25.0 Å². The SMILES string of the molecule is O=C(O)Cn1ccc(NC(=O)CCCC[C@@H]2SC[C@@H]3NC(=O)N[C@@H]32)n1. The quantitative estimate of drug-likeness (QED) is 0.394. The first kappa shape index (κ1) is 17.6. The highest BCUT2D eigenvalue weighted by Gasteiger charge is 2.42. The zero-order valence-corrected chi connectivity index (χ0v) is 14.4. The first-order valence-electron chi connectivity index (χ1n) is 8.25. The van der Waals surface area contributed by atoms with Crippen LogP contribution in [0.25, 0.3) is 0 Å². The lowest BCUT2D eigenvalue weighted by Gasteiger charge is -2.16. The number of fused-ring (bicyclic) bond motifs is 1. The molecule has 0 aliphatic carbocycles. The van der Waals surface area contributed by atoms with Crippen LogP contribution in [0.4, 0.5) is 10.6 Å². The molecule has 9 nitrogen and oxygen atoms in total. The van der Waals surface area contributed by atoms with Crippen LogP contribution in [0.15, 0.2) is 12.3 Å². The number of amides is 3. The Balaban J connectivity index is 1.33. The van der Waals surface area contributed by atoms with Crippen LogP contribution < -0.4 is 16.0 Å². The Labute approximate surface area is 148 Å². The Bertz CT molecular complexity index is 664. The molecule has 10 heteroatoms. The number of carbonyl (C=O) groups excluding carboxylic acids is 2. The van der Waals surface area contributed by atoms with Gasteiger partial charge >= 0.3 is 12.0 Å². The number of nitrogens with zero attached hydrogens (tertiary/aromatic N) is 2. The monoisotopic (exact) mass is 367 g/mol. The first-order valence-corrected chi connectivity index (χ1v) is 9.30. The van der Waals surface area contributed by atoms with Gasteiger partial charge in [0.25, 0.3) is 0 Å². The normalized spacial score (nSPS) is 24.5. The van der Waals surface area contributed by atoms with Gasteiger partial charge in [-0.15, -0.1) is 0 Å². The molecule has 0 aromatic carbocycles. The fourth-order valence-electron chi connectivity index (χ4n) is 3.13. The molecule has 1 aromatic rings. The highest BCUT2D eigenvalue weighted by Crippen LogP contribution is 2.33. The summed E-state index contributed by atoms with van der Waals surface area (Å²) >= 11 is 1.87. The molecule has 3 rings (SSSR count). The van der Waals surface area contributed by atoms with Gasteiger partial charge in [0.15, 0.2) is 5.82 Å². The number of carboxylic acids is 1. The van der Waals surface area contributed by atoms with E-state index < -0.39 is 5.97 Å². The predicted molar refractivity (Wildman–Crippen MR) is 92.4 cm³/mol. The molecule has 2 saturated heterocycles. The van der Waals surface area contributed by atoms with Gasteiger partial charge < -0.3 is 21.1 Å². The van der Waals surface area contributed by atoms with E-state index in [2.05, 4.69) is 21.0 Å². The van der Waals surface area contributed by atoms with Gasteiger partial charge in [0.2, 0.25) is 5.91 Å². The number of carboxylic acid groups (broad SMARTS) is 1. The molecule has 2 aliphatic rings. The molecule has 0 saturated carbocycles. The van der Waals surface area contributed by atoms with E-state index in [-0.39, 0.29) is 30.6 Å². The first-order chi connectivity index (χ1) is 12.0. The number of nitrogens with one attached hydrogen (secondary N) is 3. The van der Waals surface area contributed by atoms with Crippen molar-refractivity contribution in [3.8, 4) is 0 Å². The summed E-state index contributed by atoms with van der Waals surface area (Å²) < 4.78 is 1.26. The van der Waals surface area contributed by atoms with Crippen LogP contribution >= 0.6 is 11.8 Å². The maximum absolute atomic E-state index is 11.9. The molecule has 2 aliphatic heterocycles. The summed E-state index contributed by atoms with van der Waals surface area (Å²) in [6.07, 6.45) is 4.55. The number of aromatic nitrogens is 2. The van der Waals surface area contributed by atoms with Crippen LogP contribution in [-0.2, 0) is 16.1 Å². The Hall–Kier alpha value is -2.23. The topological polar surface area (TPSA) is 125 Å². The summed E-state index contributed by atoms with van der Waals surface area (Å²) in [5.74, 6) is 0.184. The summed E-state index contributed by atoms with van der Waals surface area (Å²) in [5, 5.41) is 21.6. The minimum absolute atomic E-state index is 0.0815. The number of carbonyl (C=O) groups is 3. The summed E-state index contributed by atoms with van der Waals surface area (Å²) in [4.78, 5) is 33.8. The number of hydrogen-bond acceptors (Lipinski definition) is 5. The van der Waals surface area contributed by atoms with E-state index in [0.29, 0.717) is 17.5 Å². The van der Waals surface area contributed by atoms with Crippen molar-refractivity contribution in [3.05, 3.63) is 12.3 Å². The maximum atomic E-state index is 11.9. The molecule has 136 valence electrons. The van der Waals surface area contributed by atoms with Gasteiger partial charge in [0, 0.05) is 29.7 Å². The number of rotatable bonds is 8. The highest BCUT2D eigenvalue weighted by molar-refractivity contribution is 8.00. The zero-order chi connectivity index (χ0) is 17.8. The van der Waals surface area contributed by atoms with E-state index in [1.54, 1.807) is 6.07 Å².